The Hall–Kier alpha value is -2.27. The monoisotopic (exact) mass is 335 g/mol. The van der Waals surface area contributed by atoms with Gasteiger partial charge in [-0.25, -0.2) is 4.39 Å². The Kier molecular flexibility index (Phi) is 4.13. The van der Waals surface area contributed by atoms with E-state index in [0.29, 0.717) is 27.8 Å². The van der Waals surface area contributed by atoms with Crippen LogP contribution in [0.15, 0.2) is 30.3 Å². The van der Waals surface area contributed by atoms with Gasteiger partial charge in [0.2, 0.25) is 0 Å². The van der Waals surface area contributed by atoms with E-state index < -0.39 is 0 Å². The molecule has 2 aromatic carbocycles. The standard InChI is InChI=1S/C17H15ClFNO3/c1-10-5-13(3-4-14(10)19)20-8-11-6-12(18)7-15(22-2)17(11)23-9-16(20)21/h3-7H,8-9H2,1-2H3. The molecule has 1 heterocycles. The fourth-order valence-electron chi connectivity index (χ4n) is 2.56. The molecule has 0 N–H and O–H groups in total. The number of fused-ring (bicyclic) bond motifs is 1. The van der Waals surface area contributed by atoms with Crippen LogP contribution in [-0.4, -0.2) is 19.6 Å². The number of ether oxygens (including phenoxy) is 2. The molecule has 1 aliphatic heterocycles. The maximum absolute atomic E-state index is 13.5. The molecule has 1 amide bonds. The van der Waals surface area contributed by atoms with Crippen molar-refractivity contribution in [3.8, 4) is 11.5 Å². The third-order valence-corrected chi connectivity index (χ3v) is 3.96. The van der Waals surface area contributed by atoms with Crippen LogP contribution in [0.1, 0.15) is 11.1 Å². The molecule has 0 bridgehead atoms. The number of nitrogens with zero attached hydrogens (tertiary/aromatic N) is 1. The van der Waals surface area contributed by atoms with E-state index in [4.69, 9.17) is 21.1 Å². The number of hydrogen-bond acceptors (Lipinski definition) is 3. The molecule has 23 heavy (non-hydrogen) atoms. The topological polar surface area (TPSA) is 38.8 Å². The Labute approximate surface area is 138 Å². The van der Waals surface area contributed by atoms with Gasteiger partial charge in [-0.2, -0.15) is 0 Å². The highest BCUT2D eigenvalue weighted by Crippen LogP contribution is 2.37. The lowest BCUT2D eigenvalue weighted by atomic mass is 10.1. The summed E-state index contributed by atoms with van der Waals surface area (Å²) in [5.41, 5.74) is 1.83. The number of aryl methyl sites for hydroxylation is 1. The first-order chi connectivity index (χ1) is 11.0. The average Bonchev–Trinajstić information content (AvgIpc) is 2.69. The first kappa shape index (κ1) is 15.6. The fourth-order valence-corrected chi connectivity index (χ4v) is 2.79. The van der Waals surface area contributed by atoms with Gasteiger partial charge in [-0.1, -0.05) is 11.6 Å². The van der Waals surface area contributed by atoms with Gasteiger partial charge in [0, 0.05) is 22.3 Å². The van der Waals surface area contributed by atoms with Crippen molar-refractivity contribution >= 4 is 23.2 Å². The van der Waals surface area contributed by atoms with E-state index in [9.17, 15) is 9.18 Å². The minimum absolute atomic E-state index is 0.124. The summed E-state index contributed by atoms with van der Waals surface area (Å²) < 4.78 is 24.3. The van der Waals surface area contributed by atoms with E-state index in [2.05, 4.69) is 0 Å². The summed E-state index contributed by atoms with van der Waals surface area (Å²) in [5, 5.41) is 0.494. The third kappa shape index (κ3) is 2.97. The van der Waals surface area contributed by atoms with Crippen LogP contribution in [0.25, 0.3) is 0 Å². The summed E-state index contributed by atoms with van der Waals surface area (Å²) in [4.78, 5) is 13.9. The number of carbonyl (C=O) groups is 1. The van der Waals surface area contributed by atoms with E-state index in [1.807, 2.05) is 0 Å². The van der Waals surface area contributed by atoms with Crippen molar-refractivity contribution in [3.05, 3.63) is 52.3 Å². The van der Waals surface area contributed by atoms with Crippen molar-refractivity contribution in [1.82, 2.24) is 0 Å². The number of hydrogen-bond donors (Lipinski definition) is 0. The largest absolute Gasteiger partial charge is 0.493 e. The lowest BCUT2D eigenvalue weighted by Gasteiger charge is -2.21. The number of benzene rings is 2. The quantitative estimate of drug-likeness (QED) is 0.839. The van der Waals surface area contributed by atoms with Gasteiger partial charge in [-0.05, 0) is 36.8 Å². The highest BCUT2D eigenvalue weighted by atomic mass is 35.5. The van der Waals surface area contributed by atoms with E-state index in [-0.39, 0.29) is 24.9 Å². The van der Waals surface area contributed by atoms with Gasteiger partial charge in [0.05, 0.1) is 13.7 Å². The second kappa shape index (κ2) is 6.08. The number of rotatable bonds is 2. The van der Waals surface area contributed by atoms with Gasteiger partial charge in [0.25, 0.3) is 5.91 Å². The minimum atomic E-state index is -0.308. The molecule has 0 spiro atoms. The highest BCUT2D eigenvalue weighted by molar-refractivity contribution is 6.30. The summed E-state index contributed by atoms with van der Waals surface area (Å²) in [6.07, 6.45) is 0. The van der Waals surface area contributed by atoms with Crippen LogP contribution in [-0.2, 0) is 11.3 Å². The second-order valence-electron chi connectivity index (χ2n) is 5.30. The van der Waals surface area contributed by atoms with Crippen molar-refractivity contribution in [2.45, 2.75) is 13.5 Å². The first-order valence-electron chi connectivity index (χ1n) is 7.05. The molecule has 0 aliphatic carbocycles. The molecule has 0 radical (unpaired) electrons. The number of methoxy groups -OCH3 is 1. The molecule has 0 aromatic heterocycles. The van der Waals surface area contributed by atoms with E-state index in [1.54, 1.807) is 36.1 Å². The summed E-state index contributed by atoms with van der Waals surface area (Å²) >= 11 is 6.10. The number of carbonyl (C=O) groups excluding carboxylic acids is 1. The molecule has 0 unspecified atom stereocenters. The fraction of sp³-hybridized carbons (Fsp3) is 0.235. The van der Waals surface area contributed by atoms with Crippen LogP contribution in [0.5, 0.6) is 11.5 Å². The molecule has 1 aliphatic rings. The molecule has 6 heteroatoms. The summed E-state index contributed by atoms with van der Waals surface area (Å²) in [7, 11) is 1.52. The molecular formula is C17H15ClFNO3. The Balaban J connectivity index is 2.04. The Morgan fingerprint density at radius 2 is 2.09 bits per heavy atom. The number of amides is 1. The van der Waals surface area contributed by atoms with Gasteiger partial charge in [-0.15, -0.1) is 0 Å². The minimum Gasteiger partial charge on any atom is -0.493 e. The van der Waals surface area contributed by atoms with Gasteiger partial charge >= 0.3 is 0 Å². The summed E-state index contributed by atoms with van der Waals surface area (Å²) in [5.74, 6) is 0.465. The molecule has 0 atom stereocenters. The molecule has 120 valence electrons. The van der Waals surface area contributed by atoms with E-state index >= 15 is 0 Å². The van der Waals surface area contributed by atoms with Crippen molar-refractivity contribution in [2.24, 2.45) is 0 Å². The molecule has 0 saturated heterocycles. The zero-order chi connectivity index (χ0) is 16.6. The van der Waals surface area contributed by atoms with Gasteiger partial charge < -0.3 is 14.4 Å². The Morgan fingerprint density at radius 3 is 2.78 bits per heavy atom. The lowest BCUT2D eigenvalue weighted by molar-refractivity contribution is -0.120. The number of anilines is 1. The van der Waals surface area contributed by atoms with Crippen LogP contribution in [0, 0.1) is 12.7 Å². The van der Waals surface area contributed by atoms with E-state index in [0.717, 1.165) is 5.56 Å². The van der Waals surface area contributed by atoms with Crippen LogP contribution in [0.3, 0.4) is 0 Å². The van der Waals surface area contributed by atoms with Crippen molar-refractivity contribution in [3.63, 3.8) is 0 Å². The van der Waals surface area contributed by atoms with Crippen LogP contribution in [0.4, 0.5) is 10.1 Å². The van der Waals surface area contributed by atoms with Crippen molar-refractivity contribution in [1.29, 1.82) is 0 Å². The predicted octanol–water partition coefficient (Wildman–Crippen LogP) is 3.72. The lowest BCUT2D eigenvalue weighted by Crippen LogP contribution is -2.32. The van der Waals surface area contributed by atoms with Crippen LogP contribution < -0.4 is 14.4 Å². The second-order valence-corrected chi connectivity index (χ2v) is 5.73. The molecule has 4 nitrogen and oxygen atoms in total. The molecular weight excluding hydrogens is 321 g/mol. The Bertz CT molecular complexity index is 779. The number of halogens is 2. The summed E-state index contributed by atoms with van der Waals surface area (Å²) in [6.45, 7) is 1.81. The zero-order valence-corrected chi connectivity index (χ0v) is 13.5. The first-order valence-corrected chi connectivity index (χ1v) is 7.43. The predicted molar refractivity (Wildman–Crippen MR) is 85.8 cm³/mol. The molecule has 0 fully saturated rings. The van der Waals surface area contributed by atoms with Gasteiger partial charge in [0.15, 0.2) is 18.1 Å². The average molecular weight is 336 g/mol. The summed E-state index contributed by atoms with van der Waals surface area (Å²) in [6, 6.07) is 7.94. The normalized spacial score (nSPS) is 14.1. The van der Waals surface area contributed by atoms with E-state index in [1.165, 1.54) is 13.2 Å². The van der Waals surface area contributed by atoms with Crippen LogP contribution in [0.2, 0.25) is 5.02 Å². The van der Waals surface area contributed by atoms with Crippen molar-refractivity contribution in [2.75, 3.05) is 18.6 Å². The maximum Gasteiger partial charge on any atom is 0.265 e. The molecule has 2 aromatic rings. The third-order valence-electron chi connectivity index (χ3n) is 3.74. The van der Waals surface area contributed by atoms with Crippen molar-refractivity contribution < 1.29 is 18.7 Å². The van der Waals surface area contributed by atoms with Gasteiger partial charge in [0.1, 0.15) is 5.82 Å². The SMILES string of the molecule is COc1cc(Cl)cc2c1OCC(=O)N(c1ccc(F)c(C)c1)C2. The maximum atomic E-state index is 13.5. The smallest absolute Gasteiger partial charge is 0.265 e. The van der Waals surface area contributed by atoms with Gasteiger partial charge in [-0.3, -0.25) is 4.79 Å². The highest BCUT2D eigenvalue weighted by Gasteiger charge is 2.26. The zero-order valence-electron chi connectivity index (χ0n) is 12.7. The Morgan fingerprint density at radius 1 is 1.30 bits per heavy atom. The molecule has 3 rings (SSSR count). The molecule has 0 saturated carbocycles. The van der Waals surface area contributed by atoms with Crippen LogP contribution >= 0.6 is 11.6 Å².